The average molecular weight is 348 g/mol. The number of ether oxygens (including phenoxy) is 1. The molecule has 8 heteroatoms. The van der Waals surface area contributed by atoms with E-state index < -0.39 is 28.9 Å². The van der Waals surface area contributed by atoms with Crippen molar-refractivity contribution in [3.63, 3.8) is 0 Å². The maximum atomic E-state index is 14.8. The molecular weight excluding hydrogens is 331 g/mol. The lowest BCUT2D eigenvalue weighted by molar-refractivity contribution is 0.0694. The van der Waals surface area contributed by atoms with Gasteiger partial charge in [-0.15, -0.1) is 0 Å². The summed E-state index contributed by atoms with van der Waals surface area (Å²) in [5, 5.41) is 19.0. The third-order valence-corrected chi connectivity index (χ3v) is 4.85. The number of hydrogen-bond donors (Lipinski definition) is 2. The molecule has 4 rings (SSSR count). The van der Waals surface area contributed by atoms with Gasteiger partial charge in [0, 0.05) is 19.3 Å². The van der Waals surface area contributed by atoms with Crippen molar-refractivity contribution < 1.29 is 24.1 Å². The van der Waals surface area contributed by atoms with Gasteiger partial charge in [-0.2, -0.15) is 0 Å². The van der Waals surface area contributed by atoms with E-state index in [2.05, 4.69) is 0 Å². The monoisotopic (exact) mass is 348 g/mol. The molecule has 0 saturated carbocycles. The summed E-state index contributed by atoms with van der Waals surface area (Å²) in [6.07, 6.45) is 1.28. The molecule has 2 N–H and O–H groups in total. The Kier molecular flexibility index (Phi) is 3.47. The highest BCUT2D eigenvalue weighted by atomic mass is 19.1. The third kappa shape index (κ3) is 2.28. The van der Waals surface area contributed by atoms with Crippen molar-refractivity contribution in [3.05, 3.63) is 33.9 Å². The van der Waals surface area contributed by atoms with Gasteiger partial charge in [-0.05, 0) is 19.4 Å². The smallest absolute Gasteiger partial charge is 0.341 e. The number of pyridine rings is 1. The third-order valence-electron chi connectivity index (χ3n) is 4.85. The molecule has 7 nitrogen and oxygen atoms in total. The number of carboxylic acids is 1. The lowest BCUT2D eigenvalue weighted by Crippen LogP contribution is -2.29. The van der Waals surface area contributed by atoms with Crippen molar-refractivity contribution >= 4 is 22.6 Å². The van der Waals surface area contributed by atoms with E-state index in [9.17, 15) is 24.2 Å². The molecule has 3 heterocycles. The van der Waals surface area contributed by atoms with Gasteiger partial charge in [0.05, 0.1) is 23.0 Å². The molecule has 0 radical (unpaired) electrons. The van der Waals surface area contributed by atoms with Crippen LogP contribution >= 0.6 is 0 Å². The zero-order chi connectivity index (χ0) is 17.9. The number of aromatic carboxylic acids is 1. The molecule has 1 aromatic heterocycles. The second-order valence-corrected chi connectivity index (χ2v) is 6.57. The minimum absolute atomic E-state index is 0.0116. The summed E-state index contributed by atoms with van der Waals surface area (Å²) in [6.45, 7) is 2.83. The Hall–Kier alpha value is -2.61. The van der Waals surface area contributed by atoms with Gasteiger partial charge in [-0.25, -0.2) is 9.18 Å². The van der Waals surface area contributed by atoms with Gasteiger partial charge in [-0.1, -0.05) is 0 Å². The topological polar surface area (TPSA) is 92.0 Å². The number of aromatic nitrogens is 1. The van der Waals surface area contributed by atoms with Crippen molar-refractivity contribution in [1.82, 2.24) is 4.57 Å². The number of carboxylic acid groups (broad SMARTS) is 1. The van der Waals surface area contributed by atoms with Gasteiger partial charge >= 0.3 is 5.97 Å². The summed E-state index contributed by atoms with van der Waals surface area (Å²) in [7, 11) is 0. The Bertz CT molecular complexity index is 954. The number of rotatable bonds is 2. The fourth-order valence-electron chi connectivity index (χ4n) is 3.60. The maximum Gasteiger partial charge on any atom is 0.341 e. The summed E-state index contributed by atoms with van der Waals surface area (Å²) in [6, 6.07) is 0.877. The van der Waals surface area contributed by atoms with Gasteiger partial charge in [-0.3, -0.25) is 4.79 Å². The van der Waals surface area contributed by atoms with Crippen LogP contribution in [0.1, 0.15) is 29.7 Å². The van der Waals surface area contributed by atoms with Crippen LogP contribution in [0, 0.1) is 5.82 Å². The first-order valence-electron chi connectivity index (χ1n) is 8.09. The molecule has 2 atom stereocenters. The standard InChI is InChI=1S/C17H17FN2O5/c1-8-7-25-16-13-10(15(22)11(17(23)24)6-20(8)13)4-12(18)14(16)19-3-2-9(21)5-19/h4,6,8-9,21H,2-3,5,7H2,1H3,(H,23,24)/t8-,9-/m0/s1. The molecule has 2 aliphatic rings. The van der Waals surface area contributed by atoms with Crippen molar-refractivity contribution in [1.29, 1.82) is 0 Å². The number of halogens is 1. The summed E-state index contributed by atoms with van der Waals surface area (Å²) in [4.78, 5) is 25.6. The van der Waals surface area contributed by atoms with Crippen molar-refractivity contribution in [2.75, 3.05) is 24.6 Å². The van der Waals surface area contributed by atoms with Crippen LogP contribution in [-0.2, 0) is 0 Å². The second-order valence-electron chi connectivity index (χ2n) is 6.57. The highest BCUT2D eigenvalue weighted by molar-refractivity contribution is 5.97. The zero-order valence-corrected chi connectivity index (χ0v) is 13.5. The predicted molar refractivity (Wildman–Crippen MR) is 88.2 cm³/mol. The van der Waals surface area contributed by atoms with Gasteiger partial charge in [0.2, 0.25) is 5.43 Å². The fraction of sp³-hybridized carbons (Fsp3) is 0.412. The van der Waals surface area contributed by atoms with E-state index >= 15 is 0 Å². The Morgan fingerprint density at radius 1 is 1.44 bits per heavy atom. The van der Waals surface area contributed by atoms with E-state index in [0.717, 1.165) is 6.07 Å². The van der Waals surface area contributed by atoms with Crippen molar-refractivity contribution in [2.45, 2.75) is 25.5 Å². The Balaban J connectivity index is 2.07. The molecule has 132 valence electrons. The fourth-order valence-corrected chi connectivity index (χ4v) is 3.60. The molecule has 1 saturated heterocycles. The van der Waals surface area contributed by atoms with Crippen LogP contribution in [0.4, 0.5) is 10.1 Å². The average Bonchev–Trinajstić information content (AvgIpc) is 2.98. The van der Waals surface area contributed by atoms with Gasteiger partial charge in [0.25, 0.3) is 0 Å². The predicted octanol–water partition coefficient (Wildman–Crippen LogP) is 1.36. The van der Waals surface area contributed by atoms with Crippen LogP contribution in [0.2, 0.25) is 0 Å². The number of aliphatic hydroxyl groups excluding tert-OH is 1. The maximum absolute atomic E-state index is 14.8. The molecule has 1 fully saturated rings. The van der Waals surface area contributed by atoms with Crippen LogP contribution in [0.25, 0.3) is 10.9 Å². The Morgan fingerprint density at radius 3 is 2.84 bits per heavy atom. The Labute approximate surface area is 141 Å². The van der Waals surface area contributed by atoms with E-state index in [1.807, 2.05) is 6.92 Å². The molecule has 25 heavy (non-hydrogen) atoms. The van der Waals surface area contributed by atoms with Crippen LogP contribution < -0.4 is 15.1 Å². The zero-order valence-electron chi connectivity index (χ0n) is 13.5. The number of β-amino-alcohol motifs (C(OH)–C–C–N with tert-alkyl or cyclic N) is 1. The first-order valence-corrected chi connectivity index (χ1v) is 8.09. The molecule has 2 aliphatic heterocycles. The molecule has 0 bridgehead atoms. The van der Waals surface area contributed by atoms with Crippen LogP contribution in [0.15, 0.2) is 17.1 Å². The number of benzene rings is 1. The Morgan fingerprint density at radius 2 is 2.20 bits per heavy atom. The molecule has 0 spiro atoms. The number of carbonyl (C=O) groups is 1. The number of aliphatic hydroxyl groups is 1. The first-order chi connectivity index (χ1) is 11.9. The van der Waals surface area contributed by atoms with E-state index in [0.29, 0.717) is 18.5 Å². The second kappa shape index (κ2) is 5.45. The largest absolute Gasteiger partial charge is 0.487 e. The minimum atomic E-state index is -1.34. The van der Waals surface area contributed by atoms with Crippen molar-refractivity contribution in [3.8, 4) is 5.75 Å². The summed E-state index contributed by atoms with van der Waals surface area (Å²) in [5.74, 6) is -1.77. The molecule has 0 aliphatic carbocycles. The number of anilines is 1. The van der Waals surface area contributed by atoms with Gasteiger partial charge < -0.3 is 24.4 Å². The SMILES string of the molecule is C[C@H]1COc2c(N3CC[C@H](O)C3)c(F)cc3c(=O)c(C(=O)O)cn1c23. The lowest BCUT2D eigenvalue weighted by Gasteiger charge is -2.31. The summed E-state index contributed by atoms with van der Waals surface area (Å²) in [5.41, 5.74) is -0.515. The molecule has 1 aromatic carbocycles. The normalized spacial score (nSPS) is 22.3. The van der Waals surface area contributed by atoms with Gasteiger partial charge in [0.1, 0.15) is 17.9 Å². The minimum Gasteiger partial charge on any atom is -0.487 e. The van der Waals surface area contributed by atoms with Crippen LogP contribution in [-0.4, -0.2) is 46.5 Å². The molecule has 0 amide bonds. The molecule has 2 aromatic rings. The van der Waals surface area contributed by atoms with E-state index in [-0.39, 0.29) is 36.0 Å². The number of nitrogens with zero attached hydrogens (tertiary/aromatic N) is 2. The summed E-state index contributed by atoms with van der Waals surface area (Å²) < 4.78 is 22.2. The van der Waals surface area contributed by atoms with Crippen LogP contribution in [0.3, 0.4) is 0 Å². The van der Waals surface area contributed by atoms with Crippen LogP contribution in [0.5, 0.6) is 5.75 Å². The van der Waals surface area contributed by atoms with E-state index in [4.69, 9.17) is 4.74 Å². The van der Waals surface area contributed by atoms with E-state index in [1.54, 1.807) is 9.47 Å². The molecule has 0 unspecified atom stereocenters. The summed E-state index contributed by atoms with van der Waals surface area (Å²) >= 11 is 0. The van der Waals surface area contributed by atoms with Crippen molar-refractivity contribution in [2.24, 2.45) is 0 Å². The highest BCUT2D eigenvalue weighted by Gasteiger charge is 2.32. The van der Waals surface area contributed by atoms with E-state index in [1.165, 1.54) is 6.20 Å². The molecular formula is C17H17FN2O5. The number of hydrogen-bond acceptors (Lipinski definition) is 5. The highest BCUT2D eigenvalue weighted by Crippen LogP contribution is 2.42. The quantitative estimate of drug-likeness (QED) is 0.852. The first kappa shape index (κ1) is 15.9. The lowest BCUT2D eigenvalue weighted by atomic mass is 10.1. The van der Waals surface area contributed by atoms with Gasteiger partial charge in [0.15, 0.2) is 11.6 Å².